The van der Waals surface area contributed by atoms with Crippen molar-refractivity contribution < 1.29 is 23.9 Å². The summed E-state index contributed by atoms with van der Waals surface area (Å²) in [5.41, 5.74) is -0.503. The largest absolute Gasteiger partial charge is 0.467 e. The number of nitro benzene ring substituents is 2. The Morgan fingerprint density at radius 1 is 0.889 bits per heavy atom. The number of hydrogen-bond acceptors (Lipinski definition) is 7. The van der Waals surface area contributed by atoms with Gasteiger partial charge in [0.15, 0.2) is 0 Å². The zero-order chi connectivity index (χ0) is 26.2. The SMILES string of the molecule is CC(C)CN(CC(=O)N(Cc1ccccc1)Cc1ccco1)C(=O)c1cc([N+](=O)[O-])cc([N+](=O)[O-])c1. The van der Waals surface area contributed by atoms with Gasteiger partial charge in [-0.1, -0.05) is 44.2 Å². The fourth-order valence-electron chi connectivity index (χ4n) is 3.66. The van der Waals surface area contributed by atoms with Gasteiger partial charge in [-0.15, -0.1) is 0 Å². The summed E-state index contributed by atoms with van der Waals surface area (Å²) < 4.78 is 5.41. The smallest absolute Gasteiger partial charge is 0.277 e. The minimum Gasteiger partial charge on any atom is -0.467 e. The maximum Gasteiger partial charge on any atom is 0.277 e. The van der Waals surface area contributed by atoms with Crippen LogP contribution in [-0.2, 0) is 17.9 Å². The van der Waals surface area contributed by atoms with Crippen LogP contribution in [0.4, 0.5) is 11.4 Å². The van der Waals surface area contributed by atoms with Crippen LogP contribution in [0.2, 0.25) is 0 Å². The van der Waals surface area contributed by atoms with Gasteiger partial charge < -0.3 is 14.2 Å². The van der Waals surface area contributed by atoms with Crippen LogP contribution in [0.5, 0.6) is 0 Å². The van der Waals surface area contributed by atoms with Crippen LogP contribution >= 0.6 is 0 Å². The number of nitrogens with zero attached hydrogens (tertiary/aromatic N) is 4. The van der Waals surface area contributed by atoms with Gasteiger partial charge in [0.1, 0.15) is 12.3 Å². The van der Waals surface area contributed by atoms with Crippen LogP contribution in [0.1, 0.15) is 35.5 Å². The number of hydrogen-bond donors (Lipinski definition) is 0. The predicted molar refractivity (Wildman–Crippen MR) is 130 cm³/mol. The molecule has 0 aliphatic heterocycles. The molecule has 0 aliphatic carbocycles. The molecule has 3 aromatic rings. The summed E-state index contributed by atoms with van der Waals surface area (Å²) in [4.78, 5) is 50.5. The first-order valence-corrected chi connectivity index (χ1v) is 11.2. The van der Waals surface area contributed by atoms with Crippen LogP contribution in [-0.4, -0.2) is 44.6 Å². The number of carbonyl (C=O) groups excluding carboxylic acids is 2. The molecule has 11 nitrogen and oxygen atoms in total. The summed E-state index contributed by atoms with van der Waals surface area (Å²) in [7, 11) is 0. The quantitative estimate of drug-likeness (QED) is 0.284. The zero-order valence-corrected chi connectivity index (χ0v) is 19.9. The molecule has 0 radical (unpaired) electrons. The zero-order valence-electron chi connectivity index (χ0n) is 19.9. The Kier molecular flexibility index (Phi) is 8.50. The Bertz CT molecular complexity index is 1190. The molecule has 0 aliphatic rings. The molecule has 0 saturated carbocycles. The molecule has 188 valence electrons. The lowest BCUT2D eigenvalue weighted by atomic mass is 10.1. The van der Waals surface area contributed by atoms with Gasteiger partial charge in [0.25, 0.3) is 17.3 Å². The van der Waals surface area contributed by atoms with Crippen LogP contribution in [0, 0.1) is 26.1 Å². The van der Waals surface area contributed by atoms with Gasteiger partial charge in [0.2, 0.25) is 5.91 Å². The van der Waals surface area contributed by atoms with Crippen molar-refractivity contribution in [2.45, 2.75) is 26.9 Å². The van der Waals surface area contributed by atoms with E-state index in [4.69, 9.17) is 4.42 Å². The third-order valence-corrected chi connectivity index (χ3v) is 5.27. The van der Waals surface area contributed by atoms with Gasteiger partial charge in [-0.25, -0.2) is 0 Å². The van der Waals surface area contributed by atoms with Crippen molar-refractivity contribution in [2.24, 2.45) is 5.92 Å². The van der Waals surface area contributed by atoms with Crippen LogP contribution in [0.15, 0.2) is 71.3 Å². The molecule has 2 aromatic carbocycles. The summed E-state index contributed by atoms with van der Waals surface area (Å²) in [6.45, 7) is 4.00. The number of furan rings is 1. The van der Waals surface area contributed by atoms with Crippen molar-refractivity contribution in [3.63, 3.8) is 0 Å². The topological polar surface area (TPSA) is 140 Å². The molecule has 11 heteroatoms. The molecule has 3 rings (SSSR count). The molecule has 0 fully saturated rings. The molecule has 0 N–H and O–H groups in total. The maximum absolute atomic E-state index is 13.4. The van der Waals surface area contributed by atoms with Crippen molar-refractivity contribution in [3.05, 3.63) is 104 Å². The summed E-state index contributed by atoms with van der Waals surface area (Å²) in [5, 5.41) is 22.6. The normalized spacial score (nSPS) is 10.8. The Morgan fingerprint density at radius 3 is 2.06 bits per heavy atom. The van der Waals surface area contributed by atoms with Gasteiger partial charge in [-0.2, -0.15) is 0 Å². The maximum atomic E-state index is 13.4. The van der Waals surface area contributed by atoms with E-state index < -0.39 is 27.1 Å². The summed E-state index contributed by atoms with van der Waals surface area (Å²) in [6.07, 6.45) is 1.50. The van der Waals surface area contributed by atoms with Gasteiger partial charge in [-0.05, 0) is 23.6 Å². The second kappa shape index (κ2) is 11.7. The lowest BCUT2D eigenvalue weighted by Gasteiger charge is -2.28. The highest BCUT2D eigenvalue weighted by Gasteiger charge is 2.27. The fraction of sp³-hybridized carbons (Fsp3) is 0.280. The monoisotopic (exact) mass is 494 g/mol. The minimum absolute atomic E-state index is 0.0388. The Hall–Kier alpha value is -4.54. The molecule has 0 bridgehead atoms. The molecule has 1 heterocycles. The van der Waals surface area contributed by atoms with Crippen LogP contribution in [0.25, 0.3) is 0 Å². The number of nitro groups is 2. The van der Waals surface area contributed by atoms with Crippen LogP contribution < -0.4 is 0 Å². The number of rotatable bonds is 11. The van der Waals surface area contributed by atoms with Crippen LogP contribution in [0.3, 0.4) is 0 Å². The average Bonchev–Trinajstić information content (AvgIpc) is 3.36. The molecule has 1 aromatic heterocycles. The van der Waals surface area contributed by atoms with Crippen molar-refractivity contribution in [2.75, 3.05) is 13.1 Å². The number of non-ortho nitro benzene ring substituents is 2. The average molecular weight is 495 g/mol. The van der Waals surface area contributed by atoms with Crippen molar-refractivity contribution in [1.82, 2.24) is 9.80 Å². The molecule has 0 unspecified atom stereocenters. The summed E-state index contributed by atoms with van der Waals surface area (Å²) >= 11 is 0. The van der Waals surface area contributed by atoms with Crippen molar-refractivity contribution >= 4 is 23.2 Å². The first-order chi connectivity index (χ1) is 17.1. The predicted octanol–water partition coefficient (Wildman–Crippen LogP) is 4.42. The second-order valence-corrected chi connectivity index (χ2v) is 8.65. The Balaban J connectivity index is 1.90. The molecule has 0 atom stereocenters. The number of carbonyl (C=O) groups is 2. The van der Waals surface area contributed by atoms with E-state index >= 15 is 0 Å². The van der Waals surface area contributed by atoms with Crippen molar-refractivity contribution in [3.8, 4) is 0 Å². The highest BCUT2D eigenvalue weighted by atomic mass is 16.6. The fourth-order valence-corrected chi connectivity index (χ4v) is 3.66. The van der Waals surface area contributed by atoms with E-state index in [0.29, 0.717) is 5.76 Å². The minimum atomic E-state index is -0.799. The third-order valence-electron chi connectivity index (χ3n) is 5.27. The van der Waals surface area contributed by atoms with Gasteiger partial charge in [0, 0.05) is 25.2 Å². The first kappa shape index (κ1) is 26.1. The van der Waals surface area contributed by atoms with E-state index in [1.807, 2.05) is 44.2 Å². The molecule has 0 saturated heterocycles. The first-order valence-electron chi connectivity index (χ1n) is 11.2. The number of benzene rings is 2. The summed E-state index contributed by atoms with van der Waals surface area (Å²) in [6, 6.07) is 15.5. The van der Waals surface area contributed by atoms with Gasteiger partial charge >= 0.3 is 0 Å². The van der Waals surface area contributed by atoms with Crippen molar-refractivity contribution in [1.29, 1.82) is 0 Å². The van der Waals surface area contributed by atoms with E-state index in [0.717, 1.165) is 23.8 Å². The van der Waals surface area contributed by atoms with E-state index in [-0.39, 0.29) is 43.6 Å². The highest BCUT2D eigenvalue weighted by molar-refractivity contribution is 5.97. The molecule has 2 amide bonds. The molecular weight excluding hydrogens is 468 g/mol. The standard InChI is InChI=1S/C25H26N4O7/c1-18(2)14-27(25(31)20-11-21(28(32)33)13-22(12-20)29(34)35)17-24(30)26(16-23-9-6-10-36-23)15-19-7-4-3-5-8-19/h3-13,18H,14-17H2,1-2H3. The van der Waals surface area contributed by atoms with E-state index in [1.165, 1.54) is 11.2 Å². The molecule has 36 heavy (non-hydrogen) atoms. The molecule has 0 spiro atoms. The van der Waals surface area contributed by atoms with E-state index in [1.54, 1.807) is 17.0 Å². The third kappa shape index (κ3) is 6.98. The lowest BCUT2D eigenvalue weighted by Crippen LogP contribution is -2.43. The van der Waals surface area contributed by atoms with Gasteiger partial charge in [-0.3, -0.25) is 29.8 Å². The van der Waals surface area contributed by atoms with Gasteiger partial charge in [0.05, 0.1) is 34.3 Å². The van der Waals surface area contributed by atoms with E-state index in [2.05, 4.69) is 0 Å². The second-order valence-electron chi connectivity index (χ2n) is 8.65. The number of amides is 2. The Labute approximate surface area is 207 Å². The highest BCUT2D eigenvalue weighted by Crippen LogP contribution is 2.24. The lowest BCUT2D eigenvalue weighted by molar-refractivity contribution is -0.394. The summed E-state index contributed by atoms with van der Waals surface area (Å²) in [5.74, 6) is -0.552. The Morgan fingerprint density at radius 2 is 1.53 bits per heavy atom. The van der Waals surface area contributed by atoms with E-state index in [9.17, 15) is 29.8 Å². The molecular formula is C25H26N4O7.